The molecule has 1 atom stereocenters. The van der Waals surface area contributed by atoms with Crippen LogP contribution in [0.1, 0.15) is 12.5 Å². The van der Waals surface area contributed by atoms with Gasteiger partial charge in [0.15, 0.2) is 11.5 Å². The average Bonchev–Trinajstić information content (AvgIpc) is 3.14. The highest BCUT2D eigenvalue weighted by molar-refractivity contribution is 5.80. The molecule has 0 N–H and O–H groups in total. The smallest absolute Gasteiger partial charge is 0.229 e. The summed E-state index contributed by atoms with van der Waals surface area (Å²) in [6.07, 6.45) is 4.34. The van der Waals surface area contributed by atoms with Gasteiger partial charge in [0.05, 0.1) is 19.6 Å². The Balaban J connectivity index is 1.65. The molecule has 6 nitrogen and oxygen atoms in total. The van der Waals surface area contributed by atoms with E-state index in [2.05, 4.69) is 5.10 Å². The molecular formula is C18H23N3O3. The van der Waals surface area contributed by atoms with E-state index < -0.39 is 0 Å². The van der Waals surface area contributed by atoms with Crippen LogP contribution >= 0.6 is 0 Å². The summed E-state index contributed by atoms with van der Waals surface area (Å²) in [5.41, 5.74) is 1.03. The van der Waals surface area contributed by atoms with E-state index in [9.17, 15) is 4.79 Å². The lowest BCUT2D eigenvalue weighted by atomic mass is 9.95. The van der Waals surface area contributed by atoms with Crippen LogP contribution < -0.4 is 9.47 Å². The first-order chi connectivity index (χ1) is 11.7. The van der Waals surface area contributed by atoms with E-state index in [0.29, 0.717) is 32.7 Å². The molecule has 0 saturated carbocycles. The van der Waals surface area contributed by atoms with Gasteiger partial charge >= 0.3 is 0 Å². The predicted octanol–water partition coefficient (Wildman–Crippen LogP) is 1.99. The number of fused-ring (bicyclic) bond motifs is 1. The monoisotopic (exact) mass is 329 g/mol. The summed E-state index contributed by atoms with van der Waals surface area (Å²) in [6, 6.07) is 7.70. The number of aromatic nitrogens is 2. The van der Waals surface area contributed by atoms with Crippen LogP contribution in [0, 0.1) is 5.92 Å². The molecule has 0 aliphatic carbocycles. The second kappa shape index (κ2) is 7.38. The summed E-state index contributed by atoms with van der Waals surface area (Å²) >= 11 is 0. The van der Waals surface area contributed by atoms with Crippen molar-refractivity contribution in [3.05, 3.63) is 42.2 Å². The van der Waals surface area contributed by atoms with E-state index in [1.807, 2.05) is 47.0 Å². The Bertz CT molecular complexity index is 685. The molecule has 0 unspecified atom stereocenters. The lowest BCUT2D eigenvalue weighted by Crippen LogP contribution is -2.42. The number of amides is 1. The fraction of sp³-hybridized carbons (Fsp3) is 0.444. The summed E-state index contributed by atoms with van der Waals surface area (Å²) < 4.78 is 13.0. The van der Waals surface area contributed by atoms with Gasteiger partial charge in [-0.3, -0.25) is 9.48 Å². The van der Waals surface area contributed by atoms with E-state index in [1.165, 1.54) is 0 Å². The third-order valence-electron chi connectivity index (χ3n) is 4.38. The zero-order valence-electron chi connectivity index (χ0n) is 14.1. The summed E-state index contributed by atoms with van der Waals surface area (Å²) in [6.45, 7) is 4.43. The molecule has 0 saturated heterocycles. The van der Waals surface area contributed by atoms with Crippen molar-refractivity contribution in [2.45, 2.75) is 19.9 Å². The molecule has 128 valence electrons. The van der Waals surface area contributed by atoms with Crippen molar-refractivity contribution >= 4 is 5.91 Å². The van der Waals surface area contributed by atoms with Crippen LogP contribution in [0.3, 0.4) is 0 Å². The SMILES string of the molecule is CCN(CCn1cccn1)C(=O)[C@@H]1COc2c(cccc2OC)C1. The molecule has 0 bridgehead atoms. The first kappa shape index (κ1) is 16.4. The quantitative estimate of drug-likeness (QED) is 0.813. The largest absolute Gasteiger partial charge is 0.493 e. The first-order valence-electron chi connectivity index (χ1n) is 8.27. The molecule has 1 aromatic carbocycles. The average molecular weight is 329 g/mol. The van der Waals surface area contributed by atoms with Gasteiger partial charge in [0.1, 0.15) is 6.61 Å². The maximum Gasteiger partial charge on any atom is 0.229 e. The molecule has 0 spiro atoms. The van der Waals surface area contributed by atoms with E-state index in [1.54, 1.807) is 13.3 Å². The summed E-state index contributed by atoms with van der Waals surface area (Å²) in [5.74, 6) is 1.48. The van der Waals surface area contributed by atoms with E-state index in [-0.39, 0.29) is 11.8 Å². The molecule has 2 aromatic rings. The third-order valence-corrected chi connectivity index (χ3v) is 4.38. The molecule has 1 aliphatic heterocycles. The normalized spacial score (nSPS) is 16.2. The van der Waals surface area contributed by atoms with Crippen molar-refractivity contribution in [2.24, 2.45) is 5.92 Å². The Morgan fingerprint density at radius 1 is 1.46 bits per heavy atom. The minimum Gasteiger partial charge on any atom is -0.493 e. The Kier molecular flexibility index (Phi) is 5.03. The van der Waals surface area contributed by atoms with E-state index in [0.717, 1.165) is 17.1 Å². The number of hydrogen-bond acceptors (Lipinski definition) is 4. The number of carbonyl (C=O) groups is 1. The Labute approximate surface area is 142 Å². The highest BCUT2D eigenvalue weighted by Crippen LogP contribution is 2.36. The van der Waals surface area contributed by atoms with Crippen molar-refractivity contribution in [1.82, 2.24) is 14.7 Å². The fourth-order valence-electron chi connectivity index (χ4n) is 3.05. The van der Waals surface area contributed by atoms with Gasteiger partial charge in [0.25, 0.3) is 0 Å². The number of ether oxygens (including phenoxy) is 2. The molecule has 1 aliphatic rings. The molecule has 1 aromatic heterocycles. The molecule has 2 heterocycles. The zero-order chi connectivity index (χ0) is 16.9. The highest BCUT2D eigenvalue weighted by Gasteiger charge is 2.30. The molecule has 0 fully saturated rings. The Morgan fingerprint density at radius 3 is 3.04 bits per heavy atom. The summed E-state index contributed by atoms with van der Waals surface area (Å²) in [5, 5.41) is 4.18. The Morgan fingerprint density at radius 2 is 2.33 bits per heavy atom. The number of benzene rings is 1. The van der Waals surface area contributed by atoms with Gasteiger partial charge in [-0.05, 0) is 31.0 Å². The lowest BCUT2D eigenvalue weighted by molar-refractivity contribution is -0.136. The zero-order valence-corrected chi connectivity index (χ0v) is 14.1. The standard InChI is InChI=1S/C18H23N3O3/c1-3-20(10-11-21-9-5-8-19-21)18(22)15-12-14-6-4-7-16(23-2)17(14)24-13-15/h4-9,15H,3,10-13H2,1-2H3/t15-/m0/s1. The fourth-order valence-corrected chi connectivity index (χ4v) is 3.05. The van der Waals surface area contributed by atoms with Crippen LogP contribution in [-0.2, 0) is 17.8 Å². The number of hydrogen-bond donors (Lipinski definition) is 0. The van der Waals surface area contributed by atoms with Crippen LogP contribution in [-0.4, -0.2) is 47.4 Å². The summed E-state index contributed by atoms with van der Waals surface area (Å²) in [7, 11) is 1.63. The van der Waals surface area contributed by atoms with E-state index in [4.69, 9.17) is 9.47 Å². The van der Waals surface area contributed by atoms with Gasteiger partial charge in [-0.2, -0.15) is 5.10 Å². The maximum atomic E-state index is 12.8. The minimum atomic E-state index is -0.151. The first-order valence-corrected chi connectivity index (χ1v) is 8.27. The van der Waals surface area contributed by atoms with Crippen LogP contribution in [0.4, 0.5) is 0 Å². The Hall–Kier alpha value is -2.50. The van der Waals surface area contributed by atoms with Gasteiger partial charge in [-0.25, -0.2) is 0 Å². The molecule has 6 heteroatoms. The predicted molar refractivity (Wildman–Crippen MR) is 90.2 cm³/mol. The molecule has 3 rings (SSSR count). The van der Waals surface area contributed by atoms with E-state index >= 15 is 0 Å². The minimum absolute atomic E-state index is 0.137. The number of likely N-dealkylation sites (N-methyl/N-ethyl adjacent to an activating group) is 1. The molecule has 0 radical (unpaired) electrons. The van der Waals surface area contributed by atoms with Crippen molar-refractivity contribution in [3.63, 3.8) is 0 Å². The highest BCUT2D eigenvalue weighted by atomic mass is 16.5. The number of rotatable bonds is 6. The second-order valence-electron chi connectivity index (χ2n) is 5.85. The van der Waals surface area contributed by atoms with Gasteiger partial charge in [-0.15, -0.1) is 0 Å². The number of para-hydroxylation sites is 1. The van der Waals surface area contributed by atoms with Crippen LogP contribution in [0.5, 0.6) is 11.5 Å². The second-order valence-corrected chi connectivity index (χ2v) is 5.85. The van der Waals surface area contributed by atoms with Crippen LogP contribution in [0.25, 0.3) is 0 Å². The van der Waals surface area contributed by atoms with Gasteiger partial charge in [0.2, 0.25) is 5.91 Å². The number of nitrogens with zero attached hydrogens (tertiary/aromatic N) is 3. The molecule has 1 amide bonds. The van der Waals surface area contributed by atoms with Crippen LogP contribution in [0.2, 0.25) is 0 Å². The molecule has 24 heavy (non-hydrogen) atoms. The van der Waals surface area contributed by atoms with Crippen molar-refractivity contribution in [3.8, 4) is 11.5 Å². The topological polar surface area (TPSA) is 56.6 Å². The van der Waals surface area contributed by atoms with Gasteiger partial charge < -0.3 is 14.4 Å². The lowest BCUT2D eigenvalue weighted by Gasteiger charge is -2.30. The van der Waals surface area contributed by atoms with Crippen molar-refractivity contribution in [1.29, 1.82) is 0 Å². The van der Waals surface area contributed by atoms with Crippen molar-refractivity contribution < 1.29 is 14.3 Å². The summed E-state index contributed by atoms with van der Waals surface area (Å²) in [4.78, 5) is 14.7. The van der Waals surface area contributed by atoms with Crippen LogP contribution in [0.15, 0.2) is 36.7 Å². The van der Waals surface area contributed by atoms with Gasteiger partial charge in [0, 0.05) is 25.5 Å². The number of methoxy groups -OCH3 is 1. The third kappa shape index (κ3) is 3.37. The molecular weight excluding hydrogens is 306 g/mol. The van der Waals surface area contributed by atoms with Crippen molar-refractivity contribution in [2.75, 3.05) is 26.8 Å². The van der Waals surface area contributed by atoms with Gasteiger partial charge in [-0.1, -0.05) is 12.1 Å². The number of carbonyl (C=O) groups excluding carboxylic acids is 1. The maximum absolute atomic E-state index is 12.8.